The van der Waals surface area contributed by atoms with E-state index in [4.69, 9.17) is 0 Å². The fraction of sp³-hybridized carbons (Fsp3) is 0.214. The van der Waals surface area contributed by atoms with Gasteiger partial charge in [-0.15, -0.1) is 10.2 Å². The molecular weight excluding hydrogens is 318 g/mol. The third-order valence-corrected chi connectivity index (χ3v) is 4.16. The lowest BCUT2D eigenvalue weighted by Gasteiger charge is -2.02. The number of H-pyrrole nitrogens is 1. The molecule has 2 heterocycles. The van der Waals surface area contributed by atoms with Crippen LogP contribution in [0.5, 0.6) is 0 Å². The van der Waals surface area contributed by atoms with Gasteiger partial charge in [-0.1, -0.05) is 42.5 Å². The Hall–Kier alpha value is -2.81. The van der Waals surface area contributed by atoms with Gasteiger partial charge < -0.3 is 0 Å². The Morgan fingerprint density at radius 3 is 2.57 bits per heavy atom. The zero-order valence-corrected chi connectivity index (χ0v) is 13.2. The standard InChI is InChI=1S/C14H13N5O3S/c1-7(2)12-17-18-13(23-12)16-11(20)9-5-3-8(4-6-9)10-15-14(21)22-19-10/h3-7H,1-2H3,(H,15,19,21)(H,16,18,20). The van der Waals surface area contributed by atoms with E-state index in [2.05, 4.69) is 30.2 Å². The number of aromatic amines is 1. The number of nitrogens with zero attached hydrogens (tertiary/aromatic N) is 3. The molecule has 118 valence electrons. The largest absolute Gasteiger partial charge is 0.439 e. The van der Waals surface area contributed by atoms with E-state index < -0.39 is 5.76 Å². The first kappa shape index (κ1) is 15.1. The molecule has 8 nitrogen and oxygen atoms in total. The molecule has 0 aliphatic heterocycles. The van der Waals surface area contributed by atoms with Gasteiger partial charge >= 0.3 is 5.76 Å². The van der Waals surface area contributed by atoms with Gasteiger partial charge in [0.25, 0.3) is 5.91 Å². The molecule has 0 unspecified atom stereocenters. The zero-order valence-electron chi connectivity index (χ0n) is 12.4. The Bertz CT molecular complexity index is 878. The number of amides is 1. The van der Waals surface area contributed by atoms with Crippen LogP contribution in [0.4, 0.5) is 5.13 Å². The highest BCUT2D eigenvalue weighted by Crippen LogP contribution is 2.23. The number of hydrogen-bond acceptors (Lipinski definition) is 7. The number of nitrogens with one attached hydrogen (secondary N) is 2. The van der Waals surface area contributed by atoms with Crippen molar-refractivity contribution in [2.24, 2.45) is 0 Å². The van der Waals surface area contributed by atoms with Crippen LogP contribution < -0.4 is 11.1 Å². The normalized spacial score (nSPS) is 10.9. The topological polar surface area (TPSA) is 114 Å². The molecule has 3 aromatic rings. The zero-order chi connectivity index (χ0) is 16.4. The fourth-order valence-electron chi connectivity index (χ4n) is 1.82. The summed E-state index contributed by atoms with van der Waals surface area (Å²) < 4.78 is 4.44. The van der Waals surface area contributed by atoms with E-state index in [0.29, 0.717) is 22.1 Å². The van der Waals surface area contributed by atoms with Gasteiger partial charge in [0.15, 0.2) is 5.82 Å². The molecule has 2 N–H and O–H groups in total. The molecular formula is C14H13N5O3S. The number of anilines is 1. The SMILES string of the molecule is CC(C)c1nnc(NC(=O)c2ccc(-c3noc(=O)[nH]3)cc2)s1. The van der Waals surface area contributed by atoms with Crippen LogP contribution in [0, 0.1) is 0 Å². The van der Waals surface area contributed by atoms with Crippen molar-refractivity contribution in [1.82, 2.24) is 20.3 Å². The number of carbonyl (C=O) groups is 1. The summed E-state index contributed by atoms with van der Waals surface area (Å²) in [4.78, 5) is 25.6. The highest BCUT2D eigenvalue weighted by Gasteiger charge is 2.12. The maximum absolute atomic E-state index is 12.2. The number of hydrogen-bond donors (Lipinski definition) is 2. The summed E-state index contributed by atoms with van der Waals surface area (Å²) in [7, 11) is 0. The summed E-state index contributed by atoms with van der Waals surface area (Å²) in [5, 5.41) is 15.6. The van der Waals surface area contributed by atoms with Crippen LogP contribution >= 0.6 is 11.3 Å². The van der Waals surface area contributed by atoms with Gasteiger partial charge in [0.2, 0.25) is 5.13 Å². The molecule has 23 heavy (non-hydrogen) atoms. The average molecular weight is 331 g/mol. The van der Waals surface area contributed by atoms with Crippen LogP contribution in [0.15, 0.2) is 33.6 Å². The number of benzene rings is 1. The molecule has 0 radical (unpaired) electrons. The molecule has 9 heteroatoms. The van der Waals surface area contributed by atoms with E-state index in [0.717, 1.165) is 5.01 Å². The van der Waals surface area contributed by atoms with Crippen molar-refractivity contribution >= 4 is 22.4 Å². The predicted molar refractivity (Wildman–Crippen MR) is 84.5 cm³/mol. The number of rotatable bonds is 4. The van der Waals surface area contributed by atoms with Crippen LogP contribution in [-0.2, 0) is 0 Å². The Morgan fingerprint density at radius 1 is 1.26 bits per heavy atom. The highest BCUT2D eigenvalue weighted by molar-refractivity contribution is 7.15. The minimum atomic E-state index is -0.626. The molecule has 1 amide bonds. The van der Waals surface area contributed by atoms with Crippen LogP contribution in [0.2, 0.25) is 0 Å². The third kappa shape index (κ3) is 3.34. The predicted octanol–water partition coefficient (Wildman–Crippen LogP) is 2.26. The summed E-state index contributed by atoms with van der Waals surface area (Å²) in [6.45, 7) is 4.03. The molecule has 2 aromatic heterocycles. The van der Waals surface area contributed by atoms with E-state index in [1.54, 1.807) is 24.3 Å². The molecule has 0 aliphatic carbocycles. The first-order valence-electron chi connectivity index (χ1n) is 6.84. The van der Waals surface area contributed by atoms with Gasteiger partial charge in [0.1, 0.15) is 5.01 Å². The lowest BCUT2D eigenvalue weighted by molar-refractivity contribution is 0.102. The minimum Gasteiger partial charge on any atom is -0.296 e. The molecule has 3 rings (SSSR count). The summed E-state index contributed by atoms with van der Waals surface area (Å²) in [6, 6.07) is 6.59. The molecule has 0 atom stereocenters. The quantitative estimate of drug-likeness (QED) is 0.758. The fourth-order valence-corrected chi connectivity index (χ4v) is 2.56. The number of carbonyl (C=O) groups excluding carboxylic acids is 1. The minimum absolute atomic E-state index is 0.266. The second-order valence-corrected chi connectivity index (χ2v) is 6.08. The van der Waals surface area contributed by atoms with Crippen molar-refractivity contribution in [3.8, 4) is 11.4 Å². The third-order valence-electron chi connectivity index (χ3n) is 3.02. The van der Waals surface area contributed by atoms with E-state index in [9.17, 15) is 9.59 Å². The molecule has 0 aliphatic rings. The van der Waals surface area contributed by atoms with Crippen LogP contribution in [0.1, 0.15) is 35.1 Å². The van der Waals surface area contributed by atoms with Crippen molar-refractivity contribution in [2.75, 3.05) is 5.32 Å². The monoisotopic (exact) mass is 331 g/mol. The molecule has 0 saturated heterocycles. The van der Waals surface area contributed by atoms with E-state index >= 15 is 0 Å². The van der Waals surface area contributed by atoms with Gasteiger partial charge in [-0.3, -0.25) is 19.6 Å². The molecule has 0 bridgehead atoms. The van der Waals surface area contributed by atoms with Gasteiger partial charge in [-0.05, 0) is 12.1 Å². The Morgan fingerprint density at radius 2 is 2.00 bits per heavy atom. The van der Waals surface area contributed by atoms with Crippen molar-refractivity contribution in [3.05, 3.63) is 45.4 Å². The lowest BCUT2D eigenvalue weighted by atomic mass is 10.1. The van der Waals surface area contributed by atoms with Crippen LogP contribution in [-0.4, -0.2) is 26.2 Å². The Labute approximate surface area is 134 Å². The van der Waals surface area contributed by atoms with Crippen molar-refractivity contribution in [1.29, 1.82) is 0 Å². The maximum Gasteiger partial charge on any atom is 0.439 e. The molecule has 1 aromatic carbocycles. The lowest BCUT2D eigenvalue weighted by Crippen LogP contribution is -2.11. The van der Waals surface area contributed by atoms with Crippen LogP contribution in [0.3, 0.4) is 0 Å². The Balaban J connectivity index is 1.73. The average Bonchev–Trinajstić information content (AvgIpc) is 3.16. The highest BCUT2D eigenvalue weighted by atomic mass is 32.1. The summed E-state index contributed by atoms with van der Waals surface area (Å²) in [5.74, 6) is -0.328. The van der Waals surface area contributed by atoms with E-state index in [1.807, 2.05) is 13.8 Å². The second kappa shape index (κ2) is 6.13. The van der Waals surface area contributed by atoms with Gasteiger partial charge in [-0.25, -0.2) is 4.79 Å². The maximum atomic E-state index is 12.2. The van der Waals surface area contributed by atoms with E-state index in [1.165, 1.54) is 11.3 Å². The van der Waals surface area contributed by atoms with E-state index in [-0.39, 0.29) is 11.8 Å². The first-order chi connectivity index (χ1) is 11.0. The Kier molecular flexibility index (Phi) is 4.02. The van der Waals surface area contributed by atoms with Crippen molar-refractivity contribution < 1.29 is 9.32 Å². The second-order valence-electron chi connectivity index (χ2n) is 5.08. The van der Waals surface area contributed by atoms with Crippen LogP contribution in [0.25, 0.3) is 11.4 Å². The molecule has 0 spiro atoms. The smallest absolute Gasteiger partial charge is 0.296 e. The summed E-state index contributed by atoms with van der Waals surface area (Å²) in [5.41, 5.74) is 1.10. The molecule has 0 saturated carbocycles. The van der Waals surface area contributed by atoms with Gasteiger partial charge in [0, 0.05) is 17.0 Å². The van der Waals surface area contributed by atoms with Crippen molar-refractivity contribution in [3.63, 3.8) is 0 Å². The molecule has 0 fully saturated rings. The number of aromatic nitrogens is 4. The summed E-state index contributed by atoms with van der Waals surface area (Å²) in [6.07, 6.45) is 0. The summed E-state index contributed by atoms with van der Waals surface area (Å²) >= 11 is 1.35. The van der Waals surface area contributed by atoms with Gasteiger partial charge in [-0.2, -0.15) is 0 Å². The first-order valence-corrected chi connectivity index (χ1v) is 7.66. The van der Waals surface area contributed by atoms with Crippen molar-refractivity contribution in [2.45, 2.75) is 19.8 Å². The van der Waals surface area contributed by atoms with Gasteiger partial charge in [0.05, 0.1) is 0 Å².